The second-order valence-electron chi connectivity index (χ2n) is 3.51. The Hall–Kier alpha value is -2.11. The molecule has 0 heterocycles. The Balaban J connectivity index is 3.08. The van der Waals surface area contributed by atoms with Crippen LogP contribution in [0.3, 0.4) is 0 Å². The zero-order valence-electron chi connectivity index (χ0n) is 10.0. The first-order valence-corrected chi connectivity index (χ1v) is 5.41. The Bertz CT molecular complexity index is 490. The summed E-state index contributed by atoms with van der Waals surface area (Å²) in [4.78, 5) is 22.8. The molecule has 0 radical (unpaired) electrons. The molecular formula is C13H11F3O3. The molecule has 0 aliphatic carbocycles. The summed E-state index contributed by atoms with van der Waals surface area (Å²) in [6.45, 7) is 1.18. The Kier molecular flexibility index (Phi) is 4.86. The Morgan fingerprint density at radius 1 is 1.21 bits per heavy atom. The topological polar surface area (TPSA) is 43.4 Å². The lowest BCUT2D eigenvalue weighted by atomic mass is 10.1. The van der Waals surface area contributed by atoms with E-state index in [2.05, 4.69) is 4.74 Å². The van der Waals surface area contributed by atoms with Gasteiger partial charge in [-0.3, -0.25) is 4.79 Å². The standard InChI is InChI=1S/C13H11F3O3/c1-2-19-12(18)10(13(14,15)16)8-11(17)9-6-4-3-5-7-9/h3-8H,2H2,1H3/b10-8+. The number of ketones is 1. The molecule has 0 saturated heterocycles. The number of carbonyl (C=O) groups is 2. The molecule has 0 aliphatic rings. The van der Waals surface area contributed by atoms with E-state index < -0.39 is 23.5 Å². The maximum absolute atomic E-state index is 12.6. The van der Waals surface area contributed by atoms with Crippen LogP contribution in [0.5, 0.6) is 0 Å². The fraction of sp³-hybridized carbons (Fsp3) is 0.231. The summed E-state index contributed by atoms with van der Waals surface area (Å²) in [6, 6.07) is 7.36. The summed E-state index contributed by atoms with van der Waals surface area (Å²) >= 11 is 0. The summed E-state index contributed by atoms with van der Waals surface area (Å²) in [5.41, 5.74) is -1.54. The minimum absolute atomic E-state index is 0.0635. The molecule has 102 valence electrons. The highest BCUT2D eigenvalue weighted by Gasteiger charge is 2.40. The molecule has 1 aromatic rings. The van der Waals surface area contributed by atoms with E-state index in [9.17, 15) is 22.8 Å². The number of benzene rings is 1. The van der Waals surface area contributed by atoms with Crippen molar-refractivity contribution in [2.75, 3.05) is 6.61 Å². The zero-order chi connectivity index (χ0) is 14.5. The number of alkyl halides is 3. The lowest BCUT2D eigenvalue weighted by molar-refractivity contribution is -0.150. The first kappa shape index (κ1) is 14.9. The van der Waals surface area contributed by atoms with Crippen molar-refractivity contribution in [3.63, 3.8) is 0 Å². The average Bonchev–Trinajstić information content (AvgIpc) is 2.35. The third-order valence-electron chi connectivity index (χ3n) is 2.13. The highest BCUT2D eigenvalue weighted by atomic mass is 19.4. The molecule has 0 aliphatic heterocycles. The van der Waals surface area contributed by atoms with E-state index >= 15 is 0 Å². The van der Waals surface area contributed by atoms with Gasteiger partial charge >= 0.3 is 12.1 Å². The number of allylic oxidation sites excluding steroid dienone is 1. The maximum Gasteiger partial charge on any atom is 0.423 e. The van der Waals surface area contributed by atoms with Gasteiger partial charge in [0.25, 0.3) is 0 Å². The van der Waals surface area contributed by atoms with Crippen molar-refractivity contribution in [2.24, 2.45) is 0 Å². The van der Waals surface area contributed by atoms with Gasteiger partial charge in [0.1, 0.15) is 5.57 Å². The number of hydrogen-bond donors (Lipinski definition) is 0. The van der Waals surface area contributed by atoms with Crippen LogP contribution in [0.1, 0.15) is 17.3 Å². The van der Waals surface area contributed by atoms with Gasteiger partial charge in [0.05, 0.1) is 6.61 Å². The van der Waals surface area contributed by atoms with E-state index in [1.54, 1.807) is 6.07 Å². The molecule has 0 amide bonds. The predicted octanol–water partition coefficient (Wildman–Crippen LogP) is 2.92. The molecule has 0 aromatic heterocycles. The Morgan fingerprint density at radius 2 is 1.79 bits per heavy atom. The number of halogens is 3. The van der Waals surface area contributed by atoms with Crippen LogP contribution in [0.2, 0.25) is 0 Å². The molecule has 0 atom stereocenters. The van der Waals surface area contributed by atoms with E-state index in [0.29, 0.717) is 0 Å². The zero-order valence-corrected chi connectivity index (χ0v) is 10.0. The van der Waals surface area contributed by atoms with Crippen LogP contribution in [-0.2, 0) is 9.53 Å². The molecule has 0 bridgehead atoms. The van der Waals surface area contributed by atoms with Crippen molar-refractivity contribution in [3.8, 4) is 0 Å². The van der Waals surface area contributed by atoms with Crippen molar-refractivity contribution in [2.45, 2.75) is 13.1 Å². The highest BCUT2D eigenvalue weighted by Crippen LogP contribution is 2.27. The van der Waals surface area contributed by atoms with E-state index in [4.69, 9.17) is 0 Å². The van der Waals surface area contributed by atoms with Gasteiger partial charge in [-0.2, -0.15) is 13.2 Å². The van der Waals surface area contributed by atoms with E-state index in [0.717, 1.165) is 0 Å². The molecule has 3 nitrogen and oxygen atoms in total. The smallest absolute Gasteiger partial charge is 0.423 e. The van der Waals surface area contributed by atoms with Crippen LogP contribution in [0.4, 0.5) is 13.2 Å². The van der Waals surface area contributed by atoms with Gasteiger partial charge < -0.3 is 4.74 Å². The first-order valence-electron chi connectivity index (χ1n) is 5.41. The van der Waals surface area contributed by atoms with Gasteiger partial charge in [-0.15, -0.1) is 0 Å². The Labute approximate surface area is 107 Å². The molecule has 19 heavy (non-hydrogen) atoms. The largest absolute Gasteiger partial charge is 0.462 e. The van der Waals surface area contributed by atoms with E-state index in [-0.39, 0.29) is 18.2 Å². The minimum atomic E-state index is -4.93. The van der Waals surface area contributed by atoms with Crippen LogP contribution in [0, 0.1) is 0 Å². The third kappa shape index (κ3) is 4.24. The summed E-state index contributed by atoms with van der Waals surface area (Å²) in [5.74, 6) is -2.46. The van der Waals surface area contributed by atoms with Gasteiger partial charge in [-0.05, 0) is 6.92 Å². The van der Waals surface area contributed by atoms with Gasteiger partial charge in [0, 0.05) is 11.6 Å². The molecule has 6 heteroatoms. The SMILES string of the molecule is CCOC(=O)/C(=C\C(=O)c1ccccc1)C(F)(F)F. The monoisotopic (exact) mass is 272 g/mol. The van der Waals surface area contributed by atoms with Crippen LogP contribution in [-0.4, -0.2) is 24.5 Å². The summed E-state index contributed by atoms with van der Waals surface area (Å²) in [6.07, 6.45) is -4.68. The van der Waals surface area contributed by atoms with Gasteiger partial charge in [-0.25, -0.2) is 4.79 Å². The lowest BCUT2D eigenvalue weighted by Gasteiger charge is -2.10. The van der Waals surface area contributed by atoms with E-state index in [1.807, 2.05) is 0 Å². The molecule has 0 N–H and O–H groups in total. The van der Waals surface area contributed by atoms with Gasteiger partial charge in [0.2, 0.25) is 0 Å². The predicted molar refractivity (Wildman–Crippen MR) is 61.5 cm³/mol. The second-order valence-corrected chi connectivity index (χ2v) is 3.51. The minimum Gasteiger partial charge on any atom is -0.462 e. The maximum atomic E-state index is 12.6. The number of esters is 1. The summed E-state index contributed by atoms with van der Waals surface area (Å²) in [7, 11) is 0. The molecule has 0 fully saturated rings. The highest BCUT2D eigenvalue weighted by molar-refractivity contribution is 6.09. The van der Waals surface area contributed by atoms with Crippen LogP contribution in [0.25, 0.3) is 0 Å². The molecule has 1 rings (SSSR count). The van der Waals surface area contributed by atoms with Crippen molar-refractivity contribution in [1.82, 2.24) is 0 Å². The molecule has 0 unspecified atom stereocenters. The quantitative estimate of drug-likeness (QED) is 0.481. The molecule has 0 saturated carbocycles. The summed E-state index contributed by atoms with van der Waals surface area (Å²) < 4.78 is 42.2. The second kappa shape index (κ2) is 6.17. The van der Waals surface area contributed by atoms with Crippen molar-refractivity contribution in [3.05, 3.63) is 47.5 Å². The van der Waals surface area contributed by atoms with Crippen molar-refractivity contribution >= 4 is 11.8 Å². The number of ether oxygens (including phenoxy) is 1. The fourth-order valence-electron chi connectivity index (χ4n) is 1.28. The fourth-order valence-corrected chi connectivity index (χ4v) is 1.28. The van der Waals surface area contributed by atoms with Gasteiger partial charge in [-0.1, -0.05) is 30.3 Å². The molecule has 1 aromatic carbocycles. The van der Waals surface area contributed by atoms with Crippen molar-refractivity contribution in [1.29, 1.82) is 0 Å². The van der Waals surface area contributed by atoms with Crippen LogP contribution < -0.4 is 0 Å². The average molecular weight is 272 g/mol. The number of hydrogen-bond acceptors (Lipinski definition) is 3. The van der Waals surface area contributed by atoms with Gasteiger partial charge in [0.15, 0.2) is 5.78 Å². The molecule has 0 spiro atoms. The number of carbonyl (C=O) groups excluding carboxylic acids is 2. The van der Waals surface area contributed by atoms with Crippen LogP contribution in [0.15, 0.2) is 42.0 Å². The molecular weight excluding hydrogens is 261 g/mol. The third-order valence-corrected chi connectivity index (χ3v) is 2.13. The normalized spacial score (nSPS) is 12.1. The Morgan fingerprint density at radius 3 is 2.26 bits per heavy atom. The first-order chi connectivity index (χ1) is 8.86. The van der Waals surface area contributed by atoms with Crippen molar-refractivity contribution < 1.29 is 27.5 Å². The van der Waals surface area contributed by atoms with E-state index in [1.165, 1.54) is 31.2 Å². The summed E-state index contributed by atoms with van der Waals surface area (Å²) in [5, 5.41) is 0. The van der Waals surface area contributed by atoms with Crippen LogP contribution >= 0.6 is 0 Å². The number of rotatable bonds is 4. The lowest BCUT2D eigenvalue weighted by Crippen LogP contribution is -2.23.